The lowest BCUT2D eigenvalue weighted by atomic mass is 9.96. The van der Waals surface area contributed by atoms with Crippen molar-refractivity contribution in [2.45, 2.75) is 38.1 Å². The first-order chi connectivity index (χ1) is 7.93. The molecule has 2 rings (SSSR count). The Bertz CT molecular complexity index is 403. The molecule has 6 nitrogen and oxygen atoms in total. The maximum atomic E-state index is 11.2. The van der Waals surface area contributed by atoms with Crippen LogP contribution in [0.1, 0.15) is 19.8 Å². The average molecular weight is 264 g/mol. The number of carbonyl (C=O) groups is 1. The number of esters is 1. The predicted octanol–water partition coefficient (Wildman–Crippen LogP) is 0.0717. The van der Waals surface area contributed by atoms with Gasteiger partial charge < -0.3 is 9.47 Å². The van der Waals surface area contributed by atoms with Gasteiger partial charge in [0.2, 0.25) is 0 Å². The van der Waals surface area contributed by atoms with E-state index in [0.29, 0.717) is 6.42 Å². The van der Waals surface area contributed by atoms with Crippen molar-refractivity contribution in [1.82, 2.24) is 0 Å². The van der Waals surface area contributed by atoms with E-state index in [1.165, 1.54) is 7.11 Å². The van der Waals surface area contributed by atoms with Gasteiger partial charge in [-0.2, -0.15) is 8.42 Å². The van der Waals surface area contributed by atoms with Crippen molar-refractivity contribution in [2.24, 2.45) is 5.92 Å². The van der Waals surface area contributed by atoms with Crippen molar-refractivity contribution < 1.29 is 26.9 Å². The molecule has 0 aromatic rings. The van der Waals surface area contributed by atoms with E-state index in [1.807, 2.05) is 6.92 Å². The molecule has 0 amide bonds. The van der Waals surface area contributed by atoms with Crippen LogP contribution in [-0.2, 0) is 28.6 Å². The fraction of sp³-hybridized carbons (Fsp3) is 0.900. The number of carbonyl (C=O) groups excluding carboxylic acids is 1. The van der Waals surface area contributed by atoms with Gasteiger partial charge in [-0.25, -0.2) is 0 Å². The first-order valence-electron chi connectivity index (χ1n) is 5.56. The van der Waals surface area contributed by atoms with Crippen molar-refractivity contribution in [1.29, 1.82) is 0 Å². The summed E-state index contributed by atoms with van der Waals surface area (Å²) in [6.07, 6.45) is -0.123. The molecule has 2 fully saturated rings. The molecule has 0 bridgehead atoms. The van der Waals surface area contributed by atoms with Gasteiger partial charge >= 0.3 is 5.97 Å². The lowest BCUT2D eigenvalue weighted by Crippen LogP contribution is -2.24. The summed E-state index contributed by atoms with van der Waals surface area (Å²) in [6.45, 7) is 1.88. The lowest BCUT2D eigenvalue weighted by Gasteiger charge is -2.16. The SMILES string of the molecule is COC(=O)CCC1OC2CS(=O)(=O)OC2C1C. The third-order valence-electron chi connectivity index (χ3n) is 3.31. The van der Waals surface area contributed by atoms with Gasteiger partial charge in [-0.1, -0.05) is 6.92 Å². The Hall–Kier alpha value is -0.660. The van der Waals surface area contributed by atoms with Gasteiger partial charge in [0.15, 0.2) is 0 Å². The monoisotopic (exact) mass is 264 g/mol. The van der Waals surface area contributed by atoms with Crippen LogP contribution < -0.4 is 0 Å². The molecule has 7 heteroatoms. The van der Waals surface area contributed by atoms with Gasteiger partial charge in [0, 0.05) is 12.3 Å². The Labute approximate surface area is 100 Å². The Balaban J connectivity index is 1.92. The quantitative estimate of drug-likeness (QED) is 0.530. The zero-order valence-electron chi connectivity index (χ0n) is 9.79. The highest BCUT2D eigenvalue weighted by atomic mass is 32.2. The van der Waals surface area contributed by atoms with Crippen LogP contribution in [-0.4, -0.2) is 45.6 Å². The standard InChI is InChI=1S/C10H16O6S/c1-6-7(3-4-9(11)14-2)15-8-5-17(12,13)16-10(6)8/h6-8,10H,3-5H2,1-2H3. The highest BCUT2D eigenvalue weighted by Gasteiger charge is 2.51. The summed E-state index contributed by atoms with van der Waals surface area (Å²) in [7, 11) is -2.08. The molecule has 2 heterocycles. The minimum absolute atomic E-state index is 0.0260. The second kappa shape index (κ2) is 4.55. The topological polar surface area (TPSA) is 78.9 Å². The number of methoxy groups -OCH3 is 1. The molecule has 0 aromatic carbocycles. The van der Waals surface area contributed by atoms with Crippen LogP contribution in [0.2, 0.25) is 0 Å². The van der Waals surface area contributed by atoms with E-state index < -0.39 is 22.3 Å². The molecule has 17 heavy (non-hydrogen) atoms. The molecule has 0 radical (unpaired) electrons. The number of fused-ring (bicyclic) bond motifs is 1. The number of rotatable bonds is 3. The second-order valence-corrected chi connectivity index (χ2v) is 6.11. The molecular formula is C10H16O6S. The van der Waals surface area contributed by atoms with Gasteiger partial charge in [0.05, 0.1) is 13.2 Å². The van der Waals surface area contributed by atoms with Crippen LogP contribution in [0.25, 0.3) is 0 Å². The van der Waals surface area contributed by atoms with Gasteiger partial charge in [-0.3, -0.25) is 8.98 Å². The van der Waals surface area contributed by atoms with E-state index in [4.69, 9.17) is 8.92 Å². The summed E-state index contributed by atoms with van der Waals surface area (Å²) >= 11 is 0. The Morgan fingerprint density at radius 2 is 2.18 bits per heavy atom. The fourth-order valence-corrected chi connectivity index (χ4v) is 3.75. The maximum Gasteiger partial charge on any atom is 0.305 e. The molecule has 2 saturated heterocycles. The molecule has 0 N–H and O–H groups in total. The van der Waals surface area contributed by atoms with Gasteiger partial charge in [0.1, 0.15) is 18.0 Å². The molecule has 0 spiro atoms. The first-order valence-corrected chi connectivity index (χ1v) is 7.14. The lowest BCUT2D eigenvalue weighted by molar-refractivity contribution is -0.141. The highest BCUT2D eigenvalue weighted by Crippen LogP contribution is 2.37. The smallest absolute Gasteiger partial charge is 0.305 e. The Kier molecular flexibility index (Phi) is 3.42. The molecular weight excluding hydrogens is 248 g/mol. The van der Waals surface area contributed by atoms with Gasteiger partial charge in [-0.15, -0.1) is 0 Å². The molecule has 98 valence electrons. The summed E-state index contributed by atoms with van der Waals surface area (Å²) < 4.78 is 37.6. The molecule has 0 aliphatic carbocycles. The van der Waals surface area contributed by atoms with E-state index in [2.05, 4.69) is 4.74 Å². The molecule has 4 atom stereocenters. The van der Waals surface area contributed by atoms with Crippen LogP contribution in [0.15, 0.2) is 0 Å². The molecule has 2 aliphatic heterocycles. The van der Waals surface area contributed by atoms with Gasteiger partial charge in [-0.05, 0) is 6.42 Å². The second-order valence-electron chi connectivity index (χ2n) is 4.47. The first kappa shape index (κ1) is 12.8. The number of hydrogen-bond acceptors (Lipinski definition) is 6. The molecule has 0 saturated carbocycles. The normalized spacial score (nSPS) is 38.9. The van der Waals surface area contributed by atoms with Gasteiger partial charge in [0.25, 0.3) is 10.1 Å². The van der Waals surface area contributed by atoms with Crippen molar-refractivity contribution in [3.8, 4) is 0 Å². The minimum atomic E-state index is -3.41. The summed E-state index contributed by atoms with van der Waals surface area (Å²) in [5.41, 5.74) is 0. The summed E-state index contributed by atoms with van der Waals surface area (Å²) in [5.74, 6) is -0.398. The van der Waals surface area contributed by atoms with E-state index in [-0.39, 0.29) is 30.2 Å². The third-order valence-corrected chi connectivity index (χ3v) is 4.56. The number of ether oxygens (including phenoxy) is 2. The van der Waals surface area contributed by atoms with E-state index in [0.717, 1.165) is 0 Å². The van der Waals surface area contributed by atoms with Crippen LogP contribution in [0.4, 0.5) is 0 Å². The zero-order chi connectivity index (χ0) is 12.6. The van der Waals surface area contributed by atoms with Crippen molar-refractivity contribution >= 4 is 16.1 Å². The largest absolute Gasteiger partial charge is 0.469 e. The highest BCUT2D eigenvalue weighted by molar-refractivity contribution is 7.87. The summed E-state index contributed by atoms with van der Waals surface area (Å²) in [5, 5.41) is 0. The van der Waals surface area contributed by atoms with E-state index in [1.54, 1.807) is 0 Å². The fourth-order valence-electron chi connectivity index (χ4n) is 2.36. The number of hydrogen-bond donors (Lipinski definition) is 0. The van der Waals surface area contributed by atoms with Crippen LogP contribution in [0, 0.1) is 5.92 Å². The van der Waals surface area contributed by atoms with Crippen molar-refractivity contribution in [3.05, 3.63) is 0 Å². The molecule has 2 aliphatic rings. The Morgan fingerprint density at radius 3 is 2.76 bits per heavy atom. The van der Waals surface area contributed by atoms with Crippen LogP contribution >= 0.6 is 0 Å². The predicted molar refractivity (Wildman–Crippen MR) is 57.7 cm³/mol. The average Bonchev–Trinajstić information content (AvgIpc) is 2.70. The van der Waals surface area contributed by atoms with Crippen LogP contribution in [0.3, 0.4) is 0 Å². The van der Waals surface area contributed by atoms with E-state index in [9.17, 15) is 13.2 Å². The van der Waals surface area contributed by atoms with E-state index >= 15 is 0 Å². The Morgan fingerprint density at radius 1 is 1.47 bits per heavy atom. The summed E-state index contributed by atoms with van der Waals surface area (Å²) in [4.78, 5) is 11.0. The summed E-state index contributed by atoms with van der Waals surface area (Å²) in [6, 6.07) is 0. The van der Waals surface area contributed by atoms with Crippen molar-refractivity contribution in [2.75, 3.05) is 12.9 Å². The molecule has 4 unspecified atom stereocenters. The third kappa shape index (κ3) is 2.61. The maximum absolute atomic E-state index is 11.2. The minimum Gasteiger partial charge on any atom is -0.469 e. The molecule has 0 aromatic heterocycles. The zero-order valence-corrected chi connectivity index (χ0v) is 10.6. The van der Waals surface area contributed by atoms with Crippen LogP contribution in [0.5, 0.6) is 0 Å². The van der Waals surface area contributed by atoms with Crippen molar-refractivity contribution in [3.63, 3.8) is 0 Å².